The lowest BCUT2D eigenvalue weighted by Crippen LogP contribution is -2.51. The van der Waals surface area contributed by atoms with Crippen LogP contribution >= 0.6 is 0 Å². The number of nitrogens with zero attached hydrogens (tertiary/aromatic N) is 2. The summed E-state index contributed by atoms with van der Waals surface area (Å²) in [6.45, 7) is 3.77. The van der Waals surface area contributed by atoms with Crippen molar-refractivity contribution < 1.29 is 31.9 Å². The van der Waals surface area contributed by atoms with Crippen molar-refractivity contribution in [3.63, 3.8) is 0 Å². The zero-order chi connectivity index (χ0) is 28.9. The Morgan fingerprint density at radius 1 is 1.00 bits per heavy atom. The highest BCUT2D eigenvalue weighted by Crippen LogP contribution is 2.34. The number of carbonyl (C=O) groups excluding carboxylic acids is 2. The SMILES string of the molecule is CC[C@@H](C(=O)NC)N(Cc1cccc(C)c1)C(=O)CN(c1ccc(F)cc1)S(=O)(=O)c1ccc2c(c1)OCCO2. The van der Waals surface area contributed by atoms with Gasteiger partial charge in [-0.05, 0) is 55.3 Å². The van der Waals surface area contributed by atoms with Gasteiger partial charge < -0.3 is 19.7 Å². The van der Waals surface area contributed by atoms with Crippen molar-refractivity contribution in [3.8, 4) is 11.5 Å². The number of halogens is 1. The first-order chi connectivity index (χ1) is 19.1. The molecule has 1 aliphatic heterocycles. The number of hydrogen-bond acceptors (Lipinski definition) is 6. The number of fused-ring (bicyclic) bond motifs is 1. The summed E-state index contributed by atoms with van der Waals surface area (Å²) in [4.78, 5) is 28.0. The number of likely N-dealkylation sites (N-methyl/N-ethyl adjacent to an activating group) is 1. The molecule has 3 aromatic carbocycles. The fraction of sp³-hybridized carbons (Fsp3) is 0.310. The molecule has 2 amide bonds. The van der Waals surface area contributed by atoms with Crippen LogP contribution in [0, 0.1) is 12.7 Å². The van der Waals surface area contributed by atoms with E-state index in [4.69, 9.17) is 9.47 Å². The molecule has 0 spiro atoms. The molecule has 0 fully saturated rings. The van der Waals surface area contributed by atoms with Crippen LogP contribution in [-0.4, -0.2) is 58.0 Å². The molecule has 4 rings (SSSR count). The van der Waals surface area contributed by atoms with Gasteiger partial charge in [-0.25, -0.2) is 12.8 Å². The van der Waals surface area contributed by atoms with Crippen LogP contribution < -0.4 is 19.1 Å². The Bertz CT molecular complexity index is 1480. The van der Waals surface area contributed by atoms with E-state index in [0.717, 1.165) is 27.6 Å². The molecule has 3 aromatic rings. The number of hydrogen-bond donors (Lipinski definition) is 1. The average molecular weight is 570 g/mol. The summed E-state index contributed by atoms with van der Waals surface area (Å²) < 4.78 is 53.7. The van der Waals surface area contributed by atoms with E-state index in [1.165, 1.54) is 42.3 Å². The third kappa shape index (κ3) is 6.36. The van der Waals surface area contributed by atoms with Crippen molar-refractivity contribution in [2.24, 2.45) is 0 Å². The molecule has 0 aromatic heterocycles. The number of anilines is 1. The van der Waals surface area contributed by atoms with E-state index in [9.17, 15) is 22.4 Å². The Labute approximate surface area is 233 Å². The highest BCUT2D eigenvalue weighted by atomic mass is 32.2. The quantitative estimate of drug-likeness (QED) is 0.400. The van der Waals surface area contributed by atoms with Crippen molar-refractivity contribution in [3.05, 3.63) is 83.7 Å². The van der Waals surface area contributed by atoms with Crippen molar-refractivity contribution >= 4 is 27.5 Å². The maximum Gasteiger partial charge on any atom is 0.264 e. The third-order valence-electron chi connectivity index (χ3n) is 6.56. The van der Waals surface area contributed by atoms with Crippen molar-refractivity contribution in [2.75, 3.05) is 31.1 Å². The second kappa shape index (κ2) is 12.4. The molecular formula is C29H32FN3O6S. The van der Waals surface area contributed by atoms with Gasteiger partial charge in [0.1, 0.15) is 31.6 Å². The van der Waals surface area contributed by atoms with Gasteiger partial charge >= 0.3 is 0 Å². The normalized spacial score (nSPS) is 13.3. The first kappa shape index (κ1) is 28.9. The maximum absolute atomic E-state index is 14.0. The molecule has 11 heteroatoms. The van der Waals surface area contributed by atoms with Crippen molar-refractivity contribution in [2.45, 2.75) is 37.8 Å². The second-order valence-electron chi connectivity index (χ2n) is 9.34. The van der Waals surface area contributed by atoms with E-state index >= 15 is 0 Å². The second-order valence-corrected chi connectivity index (χ2v) is 11.2. The molecule has 9 nitrogen and oxygen atoms in total. The zero-order valence-electron chi connectivity index (χ0n) is 22.6. The standard InChI is InChI=1S/C29H32FN3O6S/c1-4-25(29(35)31-3)32(18-21-7-5-6-20(2)16-21)28(34)19-33(23-10-8-22(30)9-11-23)40(36,37)24-12-13-26-27(17-24)39-15-14-38-26/h5-13,16-17,25H,4,14-15,18-19H2,1-3H3,(H,31,35)/t25-/m0/s1. The van der Waals surface area contributed by atoms with Crippen LogP contribution in [-0.2, 0) is 26.2 Å². The zero-order valence-corrected chi connectivity index (χ0v) is 23.4. The summed E-state index contributed by atoms with van der Waals surface area (Å²) in [6.07, 6.45) is 0.308. The number of carbonyl (C=O) groups is 2. The minimum atomic E-state index is -4.34. The van der Waals surface area contributed by atoms with Gasteiger partial charge in [0.2, 0.25) is 11.8 Å². The maximum atomic E-state index is 14.0. The molecule has 1 heterocycles. The van der Waals surface area contributed by atoms with E-state index in [0.29, 0.717) is 18.8 Å². The van der Waals surface area contributed by atoms with E-state index in [1.54, 1.807) is 6.92 Å². The average Bonchev–Trinajstić information content (AvgIpc) is 2.95. The number of aryl methyl sites for hydroxylation is 1. The summed E-state index contributed by atoms with van der Waals surface area (Å²) in [5.74, 6) is -0.841. The van der Waals surface area contributed by atoms with Gasteiger partial charge in [0.05, 0.1) is 10.6 Å². The van der Waals surface area contributed by atoms with Gasteiger partial charge in [-0.1, -0.05) is 36.8 Å². The molecule has 0 saturated carbocycles. The predicted octanol–water partition coefficient (Wildman–Crippen LogP) is 3.65. The van der Waals surface area contributed by atoms with Crippen LogP contribution in [0.5, 0.6) is 11.5 Å². The van der Waals surface area contributed by atoms with Crippen LogP contribution in [0.2, 0.25) is 0 Å². The summed E-state index contributed by atoms with van der Waals surface area (Å²) in [5, 5.41) is 2.59. The van der Waals surface area contributed by atoms with Crippen LogP contribution in [0.3, 0.4) is 0 Å². The van der Waals surface area contributed by atoms with Crippen molar-refractivity contribution in [1.82, 2.24) is 10.2 Å². The Balaban J connectivity index is 1.74. The fourth-order valence-corrected chi connectivity index (χ4v) is 5.97. The van der Waals surface area contributed by atoms with Crippen LogP contribution in [0.4, 0.5) is 10.1 Å². The highest BCUT2D eigenvalue weighted by molar-refractivity contribution is 7.92. The Morgan fingerprint density at radius 3 is 2.35 bits per heavy atom. The fourth-order valence-electron chi connectivity index (χ4n) is 4.54. The molecule has 40 heavy (non-hydrogen) atoms. The molecule has 1 N–H and O–H groups in total. The van der Waals surface area contributed by atoms with Gasteiger partial charge in [0.15, 0.2) is 11.5 Å². The summed E-state index contributed by atoms with van der Waals surface area (Å²) in [6, 6.07) is 15.7. The minimum absolute atomic E-state index is 0.0909. The van der Waals surface area contributed by atoms with E-state index in [-0.39, 0.29) is 35.4 Å². The molecule has 212 valence electrons. The number of amides is 2. The van der Waals surface area contributed by atoms with Crippen molar-refractivity contribution in [1.29, 1.82) is 0 Å². The summed E-state index contributed by atoms with van der Waals surface area (Å²) in [7, 11) is -2.86. The number of rotatable bonds is 10. The molecular weight excluding hydrogens is 537 g/mol. The van der Waals surface area contributed by atoms with E-state index < -0.39 is 34.3 Å². The number of sulfonamides is 1. The molecule has 0 saturated heterocycles. The lowest BCUT2D eigenvalue weighted by molar-refractivity contribution is -0.140. The molecule has 0 aliphatic carbocycles. The lowest BCUT2D eigenvalue weighted by atomic mass is 10.1. The van der Waals surface area contributed by atoms with Gasteiger partial charge in [-0.15, -0.1) is 0 Å². The predicted molar refractivity (Wildman–Crippen MR) is 148 cm³/mol. The van der Waals surface area contributed by atoms with Gasteiger partial charge in [-0.3, -0.25) is 13.9 Å². The van der Waals surface area contributed by atoms with Gasteiger partial charge in [-0.2, -0.15) is 0 Å². The largest absolute Gasteiger partial charge is 0.486 e. The van der Waals surface area contributed by atoms with Crippen LogP contribution in [0.15, 0.2) is 71.6 Å². The number of ether oxygens (including phenoxy) is 2. The lowest BCUT2D eigenvalue weighted by Gasteiger charge is -2.33. The molecule has 1 aliphatic rings. The monoisotopic (exact) mass is 569 g/mol. The van der Waals surface area contributed by atoms with E-state index in [2.05, 4.69) is 5.32 Å². The summed E-state index contributed by atoms with van der Waals surface area (Å²) >= 11 is 0. The first-order valence-corrected chi connectivity index (χ1v) is 14.3. The van der Waals surface area contributed by atoms with Gasteiger partial charge in [0, 0.05) is 19.7 Å². The molecule has 0 radical (unpaired) electrons. The molecule has 0 bridgehead atoms. The number of benzene rings is 3. The summed E-state index contributed by atoms with van der Waals surface area (Å²) in [5.41, 5.74) is 1.86. The first-order valence-electron chi connectivity index (χ1n) is 12.9. The third-order valence-corrected chi connectivity index (χ3v) is 8.33. The van der Waals surface area contributed by atoms with Gasteiger partial charge in [0.25, 0.3) is 10.0 Å². The Hall–Kier alpha value is -4.12. The Kier molecular flexibility index (Phi) is 8.93. The minimum Gasteiger partial charge on any atom is -0.486 e. The van der Waals surface area contributed by atoms with E-state index in [1.807, 2.05) is 31.2 Å². The molecule has 1 atom stereocenters. The molecule has 0 unspecified atom stereocenters. The smallest absolute Gasteiger partial charge is 0.264 e. The van der Waals surface area contributed by atoms with Crippen LogP contribution in [0.1, 0.15) is 24.5 Å². The number of nitrogens with one attached hydrogen (secondary N) is 1. The Morgan fingerprint density at radius 2 is 1.70 bits per heavy atom. The topological polar surface area (TPSA) is 105 Å². The highest BCUT2D eigenvalue weighted by Gasteiger charge is 2.34. The van der Waals surface area contributed by atoms with Crippen LogP contribution in [0.25, 0.3) is 0 Å².